The van der Waals surface area contributed by atoms with E-state index in [0.717, 1.165) is 16.3 Å². The first-order valence-electron chi connectivity index (χ1n) is 10.2. The number of nitrogens with zero attached hydrogens (tertiary/aromatic N) is 6. The van der Waals surface area contributed by atoms with Gasteiger partial charge < -0.3 is 10.1 Å². The molecule has 0 radical (unpaired) electrons. The van der Waals surface area contributed by atoms with Gasteiger partial charge in [-0.05, 0) is 51.9 Å². The minimum atomic E-state index is -0.388. The summed E-state index contributed by atoms with van der Waals surface area (Å²) >= 11 is 1.50. The van der Waals surface area contributed by atoms with Crippen molar-refractivity contribution in [3.8, 4) is 11.1 Å². The Kier molecular flexibility index (Phi) is 7.94. The highest BCUT2D eigenvalue weighted by molar-refractivity contribution is 7.98. The Morgan fingerprint density at radius 1 is 1.16 bits per heavy atom. The molecule has 0 unspecified atom stereocenters. The molecular weight excluding hydrogens is 426 g/mol. The Labute approximate surface area is 192 Å². The van der Waals surface area contributed by atoms with Crippen molar-refractivity contribution in [2.45, 2.75) is 37.7 Å². The van der Waals surface area contributed by atoms with E-state index in [0.29, 0.717) is 31.1 Å². The van der Waals surface area contributed by atoms with Crippen molar-refractivity contribution in [3.63, 3.8) is 0 Å². The summed E-state index contributed by atoms with van der Waals surface area (Å²) < 4.78 is 7.60. The standard InChI is InChI=1S/C22H29N7O2S/c1-22(2,31-15-28(3)4)14-29-13-19(26-27-29)12-23-20(30)17-8-6-16(7-9-17)18-10-24-21(32-5)25-11-18/h6-11,13H,12,14-15H2,1-5H3,(H,23,30). The van der Waals surface area contributed by atoms with E-state index in [1.807, 2.05) is 57.4 Å². The van der Waals surface area contributed by atoms with Crippen molar-refractivity contribution in [1.29, 1.82) is 0 Å². The third kappa shape index (κ3) is 6.84. The first-order chi connectivity index (χ1) is 15.3. The number of hydrogen-bond donors (Lipinski definition) is 1. The lowest BCUT2D eigenvalue weighted by atomic mass is 10.1. The van der Waals surface area contributed by atoms with E-state index in [2.05, 4.69) is 25.6 Å². The summed E-state index contributed by atoms with van der Waals surface area (Å²) in [6.07, 6.45) is 7.32. The number of benzene rings is 1. The predicted octanol–water partition coefficient (Wildman–Crippen LogP) is 2.70. The van der Waals surface area contributed by atoms with Crippen LogP contribution >= 0.6 is 11.8 Å². The zero-order valence-corrected chi connectivity index (χ0v) is 19.9. The Hall–Kier alpha value is -2.82. The molecular formula is C22H29N7O2S. The summed E-state index contributed by atoms with van der Waals surface area (Å²) in [7, 11) is 3.91. The van der Waals surface area contributed by atoms with Crippen molar-refractivity contribution in [2.75, 3.05) is 27.1 Å². The topological polar surface area (TPSA) is 98.1 Å². The molecule has 0 aliphatic carbocycles. The van der Waals surface area contributed by atoms with Crippen LogP contribution in [0.5, 0.6) is 0 Å². The van der Waals surface area contributed by atoms with Crippen LogP contribution in [0.1, 0.15) is 29.9 Å². The molecule has 9 nitrogen and oxygen atoms in total. The van der Waals surface area contributed by atoms with Gasteiger partial charge in [0.15, 0.2) is 5.16 Å². The minimum Gasteiger partial charge on any atom is -0.358 e. The van der Waals surface area contributed by atoms with Crippen LogP contribution < -0.4 is 5.32 Å². The SMILES string of the molecule is CSc1ncc(-c2ccc(C(=O)NCc3cn(CC(C)(C)OCN(C)C)nn3)cc2)cn1. The number of nitrogens with one attached hydrogen (secondary N) is 1. The number of rotatable bonds is 10. The Balaban J connectivity index is 1.53. The third-order valence-electron chi connectivity index (χ3n) is 4.56. The van der Waals surface area contributed by atoms with Crippen LogP contribution in [0.4, 0.5) is 0 Å². The van der Waals surface area contributed by atoms with Crippen LogP contribution in [0.25, 0.3) is 11.1 Å². The lowest BCUT2D eigenvalue weighted by Gasteiger charge is -2.26. The summed E-state index contributed by atoms with van der Waals surface area (Å²) in [6.45, 7) is 5.40. The fourth-order valence-corrected chi connectivity index (χ4v) is 3.21. The normalized spacial score (nSPS) is 11.7. The lowest BCUT2D eigenvalue weighted by molar-refractivity contribution is -0.0714. The molecule has 2 heterocycles. The largest absolute Gasteiger partial charge is 0.358 e. The highest BCUT2D eigenvalue weighted by Gasteiger charge is 2.20. The minimum absolute atomic E-state index is 0.172. The van der Waals surface area contributed by atoms with Gasteiger partial charge in [-0.1, -0.05) is 29.1 Å². The maximum atomic E-state index is 12.5. The van der Waals surface area contributed by atoms with Crippen molar-refractivity contribution in [3.05, 3.63) is 54.1 Å². The molecule has 1 N–H and O–H groups in total. The van der Waals surface area contributed by atoms with E-state index < -0.39 is 0 Å². The first-order valence-corrected chi connectivity index (χ1v) is 11.4. The summed E-state index contributed by atoms with van der Waals surface area (Å²) in [5, 5.41) is 11.9. The summed E-state index contributed by atoms with van der Waals surface area (Å²) in [5.41, 5.74) is 2.73. The molecule has 1 aromatic carbocycles. The van der Waals surface area contributed by atoms with Gasteiger partial charge in [0, 0.05) is 23.5 Å². The second kappa shape index (κ2) is 10.7. The molecule has 0 aliphatic heterocycles. The monoisotopic (exact) mass is 455 g/mol. The maximum Gasteiger partial charge on any atom is 0.251 e. The number of thioether (sulfide) groups is 1. The van der Waals surface area contributed by atoms with Crippen molar-refractivity contribution >= 4 is 17.7 Å². The van der Waals surface area contributed by atoms with Crippen molar-refractivity contribution < 1.29 is 9.53 Å². The summed E-state index contributed by atoms with van der Waals surface area (Å²) in [5.74, 6) is -0.172. The van der Waals surface area contributed by atoms with E-state index in [1.54, 1.807) is 29.2 Å². The predicted molar refractivity (Wildman–Crippen MR) is 124 cm³/mol. The van der Waals surface area contributed by atoms with Gasteiger partial charge in [-0.15, -0.1) is 5.10 Å². The van der Waals surface area contributed by atoms with Crippen LogP contribution in [0.2, 0.25) is 0 Å². The molecule has 0 spiro atoms. The van der Waals surface area contributed by atoms with Crippen LogP contribution in [0, 0.1) is 0 Å². The van der Waals surface area contributed by atoms with E-state index in [4.69, 9.17) is 4.74 Å². The second-order valence-corrected chi connectivity index (χ2v) is 9.01. The fourth-order valence-electron chi connectivity index (χ4n) is 2.89. The van der Waals surface area contributed by atoms with Gasteiger partial charge in [0.05, 0.1) is 31.6 Å². The number of carbonyl (C=O) groups excluding carboxylic acids is 1. The zero-order chi connectivity index (χ0) is 23.1. The van der Waals surface area contributed by atoms with Gasteiger partial charge in [-0.3, -0.25) is 9.69 Å². The molecule has 32 heavy (non-hydrogen) atoms. The molecule has 0 fully saturated rings. The van der Waals surface area contributed by atoms with Gasteiger partial charge in [0.25, 0.3) is 5.91 Å². The van der Waals surface area contributed by atoms with E-state index >= 15 is 0 Å². The molecule has 0 bridgehead atoms. The molecule has 1 amide bonds. The highest BCUT2D eigenvalue weighted by Crippen LogP contribution is 2.19. The van der Waals surface area contributed by atoms with Gasteiger partial charge in [0.1, 0.15) is 5.69 Å². The van der Waals surface area contributed by atoms with Crippen LogP contribution in [-0.4, -0.2) is 68.5 Å². The molecule has 0 aliphatic rings. The van der Waals surface area contributed by atoms with Crippen molar-refractivity contribution in [2.24, 2.45) is 0 Å². The smallest absolute Gasteiger partial charge is 0.251 e. The summed E-state index contributed by atoms with van der Waals surface area (Å²) in [6, 6.07) is 7.35. The summed E-state index contributed by atoms with van der Waals surface area (Å²) in [4.78, 5) is 23.0. The highest BCUT2D eigenvalue weighted by atomic mass is 32.2. The number of carbonyl (C=O) groups is 1. The van der Waals surface area contributed by atoms with Gasteiger partial charge >= 0.3 is 0 Å². The molecule has 0 saturated heterocycles. The Bertz CT molecular complexity index is 1020. The number of ether oxygens (including phenoxy) is 1. The van der Waals surface area contributed by atoms with Crippen LogP contribution in [0.15, 0.2) is 48.0 Å². The number of aromatic nitrogens is 5. The van der Waals surface area contributed by atoms with Gasteiger partial charge in [0.2, 0.25) is 0 Å². The lowest BCUT2D eigenvalue weighted by Crippen LogP contribution is -2.34. The molecule has 2 aromatic heterocycles. The molecule has 0 atom stereocenters. The number of hydrogen-bond acceptors (Lipinski definition) is 8. The fraction of sp³-hybridized carbons (Fsp3) is 0.409. The maximum absolute atomic E-state index is 12.5. The quantitative estimate of drug-likeness (QED) is 0.283. The van der Waals surface area contributed by atoms with Crippen molar-refractivity contribution in [1.82, 2.24) is 35.2 Å². The molecule has 3 aromatic rings. The Morgan fingerprint density at radius 2 is 1.84 bits per heavy atom. The average molecular weight is 456 g/mol. The first kappa shape index (κ1) is 23.8. The van der Waals surface area contributed by atoms with Gasteiger partial charge in [-0.2, -0.15) is 0 Å². The van der Waals surface area contributed by atoms with Crippen LogP contribution in [0.3, 0.4) is 0 Å². The third-order valence-corrected chi connectivity index (χ3v) is 5.14. The second-order valence-electron chi connectivity index (χ2n) is 8.24. The molecule has 10 heteroatoms. The van der Waals surface area contributed by atoms with E-state index in [-0.39, 0.29) is 11.5 Å². The van der Waals surface area contributed by atoms with Gasteiger partial charge in [-0.25, -0.2) is 14.6 Å². The molecule has 170 valence electrons. The van der Waals surface area contributed by atoms with E-state index in [9.17, 15) is 4.79 Å². The molecule has 0 saturated carbocycles. The zero-order valence-electron chi connectivity index (χ0n) is 19.1. The average Bonchev–Trinajstić information content (AvgIpc) is 3.23. The Morgan fingerprint density at radius 3 is 2.47 bits per heavy atom. The number of amides is 1. The molecule has 3 rings (SSSR count). The van der Waals surface area contributed by atoms with Crippen LogP contribution in [-0.2, 0) is 17.8 Å². The van der Waals surface area contributed by atoms with E-state index in [1.165, 1.54) is 11.8 Å².